The van der Waals surface area contributed by atoms with E-state index < -0.39 is 0 Å². The van der Waals surface area contributed by atoms with E-state index in [1.807, 2.05) is 12.3 Å². The van der Waals surface area contributed by atoms with Crippen molar-refractivity contribution in [2.24, 2.45) is 0 Å². The summed E-state index contributed by atoms with van der Waals surface area (Å²) in [7, 11) is 1.59. The third-order valence-electron chi connectivity index (χ3n) is 1.73. The van der Waals surface area contributed by atoms with Crippen LogP contribution in [-0.2, 0) is 0 Å². The minimum absolute atomic E-state index is 0.148. The van der Waals surface area contributed by atoms with Gasteiger partial charge in [0.25, 0.3) is 5.91 Å². The number of carbonyl (C=O) groups is 1. The minimum atomic E-state index is -0.148. The number of nitrogen functional groups attached to an aromatic ring is 1. The van der Waals surface area contributed by atoms with E-state index in [0.717, 1.165) is 4.90 Å². The van der Waals surface area contributed by atoms with E-state index in [2.05, 4.69) is 5.32 Å². The van der Waals surface area contributed by atoms with Gasteiger partial charge in [0, 0.05) is 17.6 Å². The Morgan fingerprint density at radius 1 is 1.54 bits per heavy atom. The maximum Gasteiger partial charge on any atom is 0.253 e. The van der Waals surface area contributed by atoms with Crippen LogP contribution in [0, 0.1) is 0 Å². The predicted octanol–water partition coefficient (Wildman–Crippen LogP) is 1.35. The SMILES string of the molecule is CNC(=O)c1ccc(SC)cc1N. The molecule has 0 spiro atoms. The van der Waals surface area contributed by atoms with Crippen molar-refractivity contribution in [1.82, 2.24) is 5.32 Å². The Labute approximate surface area is 81.7 Å². The van der Waals surface area contributed by atoms with Gasteiger partial charge in [-0.25, -0.2) is 0 Å². The molecule has 0 saturated heterocycles. The van der Waals surface area contributed by atoms with Crippen molar-refractivity contribution in [3.05, 3.63) is 23.8 Å². The molecule has 0 fully saturated rings. The Bertz CT molecular complexity index is 325. The van der Waals surface area contributed by atoms with Gasteiger partial charge in [-0.15, -0.1) is 11.8 Å². The van der Waals surface area contributed by atoms with Gasteiger partial charge in [0.05, 0.1) is 5.56 Å². The lowest BCUT2D eigenvalue weighted by Crippen LogP contribution is -2.19. The summed E-state index contributed by atoms with van der Waals surface area (Å²) in [6.07, 6.45) is 1.97. The first-order chi connectivity index (χ1) is 6.19. The molecule has 4 heteroatoms. The monoisotopic (exact) mass is 196 g/mol. The van der Waals surface area contributed by atoms with Gasteiger partial charge >= 0.3 is 0 Å². The fraction of sp³-hybridized carbons (Fsp3) is 0.222. The van der Waals surface area contributed by atoms with Crippen LogP contribution in [-0.4, -0.2) is 19.2 Å². The zero-order chi connectivity index (χ0) is 9.84. The second-order valence-electron chi connectivity index (χ2n) is 2.53. The van der Waals surface area contributed by atoms with Crippen molar-refractivity contribution in [3.63, 3.8) is 0 Å². The lowest BCUT2D eigenvalue weighted by Gasteiger charge is -2.05. The Hall–Kier alpha value is -1.16. The number of hydrogen-bond donors (Lipinski definition) is 2. The van der Waals surface area contributed by atoms with Crippen molar-refractivity contribution >= 4 is 23.4 Å². The fourth-order valence-electron chi connectivity index (χ4n) is 1.01. The van der Waals surface area contributed by atoms with Gasteiger partial charge in [-0.05, 0) is 24.5 Å². The van der Waals surface area contributed by atoms with Crippen molar-refractivity contribution in [2.75, 3.05) is 19.0 Å². The molecule has 0 unspecified atom stereocenters. The molecular weight excluding hydrogens is 184 g/mol. The van der Waals surface area contributed by atoms with Crippen molar-refractivity contribution in [1.29, 1.82) is 0 Å². The summed E-state index contributed by atoms with van der Waals surface area (Å²) in [5.41, 5.74) is 6.75. The largest absolute Gasteiger partial charge is 0.398 e. The van der Waals surface area contributed by atoms with Gasteiger partial charge in [-0.3, -0.25) is 4.79 Å². The van der Waals surface area contributed by atoms with Crippen LogP contribution >= 0.6 is 11.8 Å². The molecule has 0 aromatic heterocycles. The molecule has 0 aliphatic carbocycles. The standard InChI is InChI=1S/C9H12N2OS/c1-11-9(12)7-4-3-6(13-2)5-8(7)10/h3-5H,10H2,1-2H3,(H,11,12). The topological polar surface area (TPSA) is 55.1 Å². The number of hydrogen-bond acceptors (Lipinski definition) is 3. The molecule has 1 rings (SSSR count). The Morgan fingerprint density at radius 2 is 2.23 bits per heavy atom. The summed E-state index contributed by atoms with van der Waals surface area (Å²) < 4.78 is 0. The van der Waals surface area contributed by atoms with Gasteiger partial charge in [-0.2, -0.15) is 0 Å². The first kappa shape index (κ1) is 9.92. The molecule has 0 bridgehead atoms. The summed E-state index contributed by atoms with van der Waals surface area (Å²) >= 11 is 1.60. The molecule has 0 saturated carbocycles. The van der Waals surface area contributed by atoms with Crippen LogP contribution < -0.4 is 11.1 Å². The zero-order valence-corrected chi connectivity index (χ0v) is 8.44. The van der Waals surface area contributed by atoms with E-state index in [4.69, 9.17) is 5.73 Å². The quantitative estimate of drug-likeness (QED) is 0.554. The van der Waals surface area contributed by atoms with Crippen LogP contribution in [0.5, 0.6) is 0 Å². The smallest absolute Gasteiger partial charge is 0.253 e. The highest BCUT2D eigenvalue weighted by Crippen LogP contribution is 2.20. The van der Waals surface area contributed by atoms with Crippen LogP contribution in [0.3, 0.4) is 0 Å². The molecule has 13 heavy (non-hydrogen) atoms. The summed E-state index contributed by atoms with van der Waals surface area (Å²) in [5, 5.41) is 2.53. The summed E-state index contributed by atoms with van der Waals surface area (Å²) in [4.78, 5) is 12.3. The molecule has 3 N–H and O–H groups in total. The second-order valence-corrected chi connectivity index (χ2v) is 3.41. The fourth-order valence-corrected chi connectivity index (χ4v) is 1.46. The maximum atomic E-state index is 11.2. The molecule has 70 valence electrons. The first-order valence-corrected chi connectivity index (χ1v) is 5.07. The van der Waals surface area contributed by atoms with Gasteiger partial charge in [0.15, 0.2) is 0 Å². The van der Waals surface area contributed by atoms with E-state index in [-0.39, 0.29) is 5.91 Å². The van der Waals surface area contributed by atoms with E-state index in [1.165, 1.54) is 0 Å². The van der Waals surface area contributed by atoms with E-state index in [1.54, 1.807) is 30.9 Å². The average molecular weight is 196 g/mol. The summed E-state index contributed by atoms with van der Waals surface area (Å²) in [6.45, 7) is 0. The molecule has 0 radical (unpaired) electrons. The van der Waals surface area contributed by atoms with Crippen LogP contribution in [0.1, 0.15) is 10.4 Å². The number of nitrogens with one attached hydrogen (secondary N) is 1. The van der Waals surface area contributed by atoms with Gasteiger partial charge < -0.3 is 11.1 Å². The van der Waals surface area contributed by atoms with Crippen molar-refractivity contribution < 1.29 is 4.79 Å². The number of benzene rings is 1. The zero-order valence-electron chi connectivity index (χ0n) is 7.63. The average Bonchev–Trinajstić information content (AvgIpc) is 2.16. The molecular formula is C9H12N2OS. The van der Waals surface area contributed by atoms with Crippen molar-refractivity contribution in [2.45, 2.75) is 4.90 Å². The Balaban J connectivity index is 3.05. The van der Waals surface area contributed by atoms with Crippen LogP contribution in [0.15, 0.2) is 23.1 Å². The third kappa shape index (κ3) is 2.15. The molecule has 1 aromatic rings. The number of nitrogens with two attached hydrogens (primary N) is 1. The predicted molar refractivity (Wildman–Crippen MR) is 56.0 cm³/mol. The molecule has 0 heterocycles. The van der Waals surface area contributed by atoms with Crippen LogP contribution in [0.2, 0.25) is 0 Å². The summed E-state index contributed by atoms with van der Waals surface area (Å²) in [6, 6.07) is 5.42. The number of thioether (sulfide) groups is 1. The molecule has 1 amide bonds. The van der Waals surface area contributed by atoms with Crippen LogP contribution in [0.4, 0.5) is 5.69 Å². The number of anilines is 1. The van der Waals surface area contributed by atoms with Gasteiger partial charge in [-0.1, -0.05) is 0 Å². The highest BCUT2D eigenvalue weighted by molar-refractivity contribution is 7.98. The number of rotatable bonds is 2. The molecule has 0 aliphatic heterocycles. The molecule has 0 atom stereocenters. The van der Waals surface area contributed by atoms with E-state index in [9.17, 15) is 4.79 Å². The highest BCUT2D eigenvalue weighted by atomic mass is 32.2. The molecule has 1 aromatic carbocycles. The second kappa shape index (κ2) is 4.18. The van der Waals surface area contributed by atoms with E-state index >= 15 is 0 Å². The highest BCUT2D eigenvalue weighted by Gasteiger charge is 2.07. The summed E-state index contributed by atoms with van der Waals surface area (Å²) in [5.74, 6) is -0.148. The molecule has 3 nitrogen and oxygen atoms in total. The van der Waals surface area contributed by atoms with E-state index in [0.29, 0.717) is 11.3 Å². The Morgan fingerprint density at radius 3 is 2.69 bits per heavy atom. The first-order valence-electron chi connectivity index (χ1n) is 3.84. The number of carbonyl (C=O) groups excluding carboxylic acids is 1. The van der Waals surface area contributed by atoms with Gasteiger partial charge in [0.2, 0.25) is 0 Å². The maximum absolute atomic E-state index is 11.2. The number of amides is 1. The van der Waals surface area contributed by atoms with Crippen molar-refractivity contribution in [3.8, 4) is 0 Å². The molecule has 0 aliphatic rings. The van der Waals surface area contributed by atoms with Crippen LogP contribution in [0.25, 0.3) is 0 Å². The lowest BCUT2D eigenvalue weighted by molar-refractivity contribution is 0.0964. The lowest BCUT2D eigenvalue weighted by atomic mass is 10.2. The minimum Gasteiger partial charge on any atom is -0.398 e. The van der Waals surface area contributed by atoms with Gasteiger partial charge in [0.1, 0.15) is 0 Å². The third-order valence-corrected chi connectivity index (χ3v) is 2.46. The normalized spacial score (nSPS) is 9.69. The Kier molecular flexibility index (Phi) is 3.19.